The number of nitrogens with zero attached hydrogens (tertiary/aromatic N) is 3. The molecule has 5 rings (SSSR count). The highest BCUT2D eigenvalue weighted by Gasteiger charge is 2.59. The van der Waals surface area contributed by atoms with E-state index in [1.807, 2.05) is 41.3 Å². The summed E-state index contributed by atoms with van der Waals surface area (Å²) in [6.45, 7) is 2.47. The zero-order valence-corrected chi connectivity index (χ0v) is 16.7. The lowest BCUT2D eigenvalue weighted by Gasteiger charge is -2.37. The second kappa shape index (κ2) is 6.95. The van der Waals surface area contributed by atoms with E-state index in [0.717, 1.165) is 42.7 Å². The van der Waals surface area contributed by atoms with Crippen LogP contribution in [0, 0.1) is 5.92 Å². The third-order valence-electron chi connectivity index (χ3n) is 6.94. The first-order valence-corrected chi connectivity index (χ1v) is 10.4. The number of hydrogen-bond donors (Lipinski definition) is 1. The molecule has 2 amide bonds. The monoisotopic (exact) mass is 390 g/mol. The number of nitrogens with one attached hydrogen (secondary N) is 1. The maximum Gasteiger partial charge on any atom is 0.237 e. The third kappa shape index (κ3) is 2.77. The van der Waals surface area contributed by atoms with E-state index < -0.39 is 5.41 Å². The highest BCUT2D eigenvalue weighted by Crippen LogP contribution is 2.55. The molecule has 29 heavy (non-hydrogen) atoms. The zero-order valence-electron chi connectivity index (χ0n) is 16.7. The van der Waals surface area contributed by atoms with Crippen LogP contribution in [0.1, 0.15) is 36.4 Å². The fraction of sp³-hybridized carbons (Fsp3) is 0.435. The molecule has 6 nitrogen and oxygen atoms in total. The second-order valence-electron chi connectivity index (χ2n) is 8.52. The minimum absolute atomic E-state index is 0.00812. The summed E-state index contributed by atoms with van der Waals surface area (Å²) in [5.41, 5.74) is 2.04. The Morgan fingerprint density at radius 3 is 2.69 bits per heavy atom. The van der Waals surface area contributed by atoms with Crippen molar-refractivity contribution in [1.29, 1.82) is 0 Å². The molecule has 1 N–H and O–H groups in total. The van der Waals surface area contributed by atoms with Gasteiger partial charge in [0.15, 0.2) is 0 Å². The summed E-state index contributed by atoms with van der Waals surface area (Å²) in [6.07, 6.45) is 5.92. The molecular formula is C23H26N4O2. The molecule has 0 bridgehead atoms. The SMILES string of the molecule is CN1CCC(C(=O)N2CCC3(C(=O)Nc4ccccc43)C2c2cccnc2)CC1. The van der Waals surface area contributed by atoms with Gasteiger partial charge in [-0.25, -0.2) is 0 Å². The molecule has 2 fully saturated rings. The molecule has 2 atom stereocenters. The number of aromatic nitrogens is 1. The molecule has 150 valence electrons. The van der Waals surface area contributed by atoms with Gasteiger partial charge in [-0.3, -0.25) is 14.6 Å². The fourth-order valence-electron chi connectivity index (χ4n) is 5.42. The van der Waals surface area contributed by atoms with Gasteiger partial charge in [0.1, 0.15) is 5.41 Å². The molecule has 1 aromatic heterocycles. The van der Waals surface area contributed by atoms with E-state index in [9.17, 15) is 9.59 Å². The highest BCUT2D eigenvalue weighted by atomic mass is 16.2. The molecule has 1 aromatic carbocycles. The Labute approximate surface area is 170 Å². The summed E-state index contributed by atoms with van der Waals surface area (Å²) < 4.78 is 0. The second-order valence-corrected chi connectivity index (χ2v) is 8.52. The van der Waals surface area contributed by atoms with Crippen molar-refractivity contribution in [2.75, 3.05) is 32.0 Å². The summed E-state index contributed by atoms with van der Waals surface area (Å²) in [4.78, 5) is 35.5. The van der Waals surface area contributed by atoms with Gasteiger partial charge in [0, 0.05) is 30.5 Å². The highest BCUT2D eigenvalue weighted by molar-refractivity contribution is 6.07. The number of anilines is 1. The van der Waals surface area contributed by atoms with E-state index in [1.54, 1.807) is 12.4 Å². The molecule has 0 saturated carbocycles. The molecule has 1 spiro atoms. The minimum atomic E-state index is -0.749. The minimum Gasteiger partial charge on any atom is -0.334 e. The van der Waals surface area contributed by atoms with Gasteiger partial charge >= 0.3 is 0 Å². The first kappa shape index (κ1) is 18.3. The van der Waals surface area contributed by atoms with E-state index in [0.29, 0.717) is 13.0 Å². The molecular weight excluding hydrogens is 364 g/mol. The van der Waals surface area contributed by atoms with Crippen molar-refractivity contribution in [2.45, 2.75) is 30.7 Å². The quantitative estimate of drug-likeness (QED) is 0.856. The van der Waals surface area contributed by atoms with Gasteiger partial charge < -0.3 is 15.1 Å². The molecule has 3 aliphatic rings. The molecule has 3 aliphatic heterocycles. The van der Waals surface area contributed by atoms with Crippen molar-refractivity contribution < 1.29 is 9.59 Å². The molecule has 0 aliphatic carbocycles. The normalized spacial score (nSPS) is 27.3. The van der Waals surface area contributed by atoms with Crippen molar-refractivity contribution in [3.8, 4) is 0 Å². The fourth-order valence-corrected chi connectivity index (χ4v) is 5.42. The molecule has 0 radical (unpaired) electrons. The number of amides is 2. The standard InChI is InChI=1S/C23H26N4O2/c1-26-12-8-16(9-13-26)21(28)27-14-10-23(20(27)17-5-4-11-24-15-17)18-6-2-3-7-19(18)25-22(23)29/h2-7,11,15-16,20H,8-10,12-14H2,1H3,(H,25,29). The first-order valence-electron chi connectivity index (χ1n) is 10.4. The van der Waals surface area contributed by atoms with Gasteiger partial charge in [-0.15, -0.1) is 0 Å². The third-order valence-corrected chi connectivity index (χ3v) is 6.94. The Hall–Kier alpha value is -2.73. The number of benzene rings is 1. The van der Waals surface area contributed by atoms with Crippen molar-refractivity contribution >= 4 is 17.5 Å². The largest absolute Gasteiger partial charge is 0.334 e. The number of carbonyl (C=O) groups excluding carboxylic acids is 2. The van der Waals surface area contributed by atoms with E-state index >= 15 is 0 Å². The number of likely N-dealkylation sites (tertiary alicyclic amines) is 2. The van der Waals surface area contributed by atoms with Crippen molar-refractivity contribution in [3.05, 3.63) is 59.9 Å². The number of rotatable bonds is 2. The summed E-state index contributed by atoms with van der Waals surface area (Å²) in [7, 11) is 2.10. The number of hydrogen-bond acceptors (Lipinski definition) is 4. The van der Waals surface area contributed by atoms with Crippen LogP contribution in [0.3, 0.4) is 0 Å². The van der Waals surface area contributed by atoms with Gasteiger partial charge in [0.2, 0.25) is 11.8 Å². The van der Waals surface area contributed by atoms with Crippen LogP contribution in [0.2, 0.25) is 0 Å². The van der Waals surface area contributed by atoms with Crippen molar-refractivity contribution in [3.63, 3.8) is 0 Å². The molecule has 2 saturated heterocycles. The van der Waals surface area contributed by atoms with E-state index in [4.69, 9.17) is 0 Å². The van der Waals surface area contributed by atoms with Crippen molar-refractivity contribution in [1.82, 2.24) is 14.8 Å². The van der Waals surface area contributed by atoms with Gasteiger partial charge in [-0.1, -0.05) is 24.3 Å². The van der Waals surface area contributed by atoms with Crippen LogP contribution < -0.4 is 5.32 Å². The van der Waals surface area contributed by atoms with Gasteiger partial charge in [-0.05, 0) is 62.7 Å². The average Bonchev–Trinajstić information content (AvgIpc) is 3.28. The van der Waals surface area contributed by atoms with E-state index in [2.05, 4.69) is 22.2 Å². The predicted molar refractivity (Wildman–Crippen MR) is 110 cm³/mol. The lowest BCUT2D eigenvalue weighted by atomic mass is 9.72. The lowest BCUT2D eigenvalue weighted by Crippen LogP contribution is -2.46. The van der Waals surface area contributed by atoms with Crippen LogP contribution in [0.5, 0.6) is 0 Å². The number of pyridine rings is 1. The topological polar surface area (TPSA) is 65.5 Å². The van der Waals surface area contributed by atoms with E-state index in [1.165, 1.54) is 0 Å². The number of fused-ring (bicyclic) bond motifs is 2. The summed E-state index contributed by atoms with van der Waals surface area (Å²) in [5.74, 6) is 0.201. The summed E-state index contributed by atoms with van der Waals surface area (Å²) in [5, 5.41) is 3.07. The van der Waals surface area contributed by atoms with Crippen LogP contribution >= 0.6 is 0 Å². The Balaban J connectivity index is 1.58. The van der Waals surface area contributed by atoms with Crippen LogP contribution in [0.4, 0.5) is 5.69 Å². The molecule has 6 heteroatoms. The van der Waals surface area contributed by atoms with Crippen LogP contribution in [-0.2, 0) is 15.0 Å². The van der Waals surface area contributed by atoms with Gasteiger partial charge in [0.05, 0.1) is 6.04 Å². The Morgan fingerprint density at radius 1 is 1.14 bits per heavy atom. The van der Waals surface area contributed by atoms with Gasteiger partial charge in [-0.2, -0.15) is 0 Å². The van der Waals surface area contributed by atoms with Crippen LogP contribution in [-0.4, -0.2) is 53.3 Å². The average molecular weight is 390 g/mol. The maximum absolute atomic E-state index is 13.6. The summed E-state index contributed by atoms with van der Waals surface area (Å²) >= 11 is 0. The first-order chi connectivity index (χ1) is 14.1. The lowest BCUT2D eigenvalue weighted by molar-refractivity contribution is -0.139. The van der Waals surface area contributed by atoms with Gasteiger partial charge in [0.25, 0.3) is 0 Å². The van der Waals surface area contributed by atoms with Crippen molar-refractivity contribution in [2.24, 2.45) is 5.92 Å². The number of para-hydroxylation sites is 1. The predicted octanol–water partition coefficient (Wildman–Crippen LogP) is 2.59. The maximum atomic E-state index is 13.6. The van der Waals surface area contributed by atoms with Crippen LogP contribution in [0.15, 0.2) is 48.8 Å². The Kier molecular flexibility index (Phi) is 4.39. The smallest absolute Gasteiger partial charge is 0.237 e. The molecule has 2 unspecified atom stereocenters. The summed E-state index contributed by atoms with van der Waals surface area (Å²) in [6, 6.07) is 11.4. The molecule has 2 aromatic rings. The Morgan fingerprint density at radius 2 is 1.93 bits per heavy atom. The number of piperidine rings is 1. The van der Waals surface area contributed by atoms with Crippen LogP contribution in [0.25, 0.3) is 0 Å². The zero-order chi connectivity index (χ0) is 20.0. The Bertz CT molecular complexity index is 939. The van der Waals surface area contributed by atoms with E-state index in [-0.39, 0.29) is 23.8 Å². The molecule has 4 heterocycles. The number of carbonyl (C=O) groups is 2.